The van der Waals surface area contributed by atoms with Crippen LogP contribution < -0.4 is 0 Å². The van der Waals surface area contributed by atoms with E-state index in [4.69, 9.17) is 0 Å². The summed E-state index contributed by atoms with van der Waals surface area (Å²) in [4.78, 5) is 12.1. The summed E-state index contributed by atoms with van der Waals surface area (Å²) < 4.78 is 0. The van der Waals surface area contributed by atoms with Gasteiger partial charge in [0.15, 0.2) is 0 Å². The van der Waals surface area contributed by atoms with Gasteiger partial charge < -0.3 is 5.11 Å². The summed E-state index contributed by atoms with van der Waals surface area (Å²) in [6.45, 7) is 2.05. The number of benzene rings is 2. The number of phenolic OH excluding ortho intramolecular Hbond substituents is 1. The first-order valence-electron chi connectivity index (χ1n) is 5.75. The number of carbonyl (C=O) groups is 1. The van der Waals surface area contributed by atoms with Crippen LogP contribution >= 0.6 is 11.8 Å². The van der Waals surface area contributed by atoms with Crippen molar-refractivity contribution in [2.24, 2.45) is 0 Å². The zero-order valence-corrected chi connectivity index (χ0v) is 10.8. The first kappa shape index (κ1) is 11.4. The SMILES string of the molecule is Cc1ccc2c(c1)CSC(=O)c1cc(O)ccc1-2. The van der Waals surface area contributed by atoms with Crippen molar-refractivity contribution in [1.82, 2.24) is 0 Å². The molecular formula is C15H12O2S. The van der Waals surface area contributed by atoms with E-state index in [1.165, 1.54) is 22.9 Å². The van der Waals surface area contributed by atoms with E-state index >= 15 is 0 Å². The van der Waals surface area contributed by atoms with Crippen molar-refractivity contribution >= 4 is 16.9 Å². The Balaban J connectivity index is 2.30. The Morgan fingerprint density at radius 3 is 2.67 bits per heavy atom. The zero-order chi connectivity index (χ0) is 12.7. The van der Waals surface area contributed by atoms with Crippen LogP contribution in [-0.2, 0) is 5.75 Å². The normalized spacial score (nSPS) is 13.7. The quantitative estimate of drug-likeness (QED) is 0.780. The van der Waals surface area contributed by atoms with E-state index < -0.39 is 0 Å². The van der Waals surface area contributed by atoms with Gasteiger partial charge in [-0.2, -0.15) is 0 Å². The van der Waals surface area contributed by atoms with Crippen LogP contribution in [0.2, 0.25) is 0 Å². The average molecular weight is 256 g/mol. The Morgan fingerprint density at radius 1 is 1.06 bits per heavy atom. The van der Waals surface area contributed by atoms with Gasteiger partial charge in [-0.1, -0.05) is 35.5 Å². The summed E-state index contributed by atoms with van der Waals surface area (Å²) in [5.74, 6) is 0.823. The van der Waals surface area contributed by atoms with Crippen LogP contribution in [-0.4, -0.2) is 10.2 Å². The maximum Gasteiger partial charge on any atom is 0.220 e. The van der Waals surface area contributed by atoms with Gasteiger partial charge in [-0.25, -0.2) is 0 Å². The monoisotopic (exact) mass is 256 g/mol. The first-order valence-corrected chi connectivity index (χ1v) is 6.74. The Labute approximate surface area is 110 Å². The number of aromatic hydroxyl groups is 1. The molecule has 0 radical (unpaired) electrons. The van der Waals surface area contributed by atoms with Gasteiger partial charge in [0.05, 0.1) is 0 Å². The summed E-state index contributed by atoms with van der Waals surface area (Å²) in [5, 5.41) is 9.55. The molecule has 1 aliphatic rings. The molecule has 3 rings (SSSR count). The minimum Gasteiger partial charge on any atom is -0.508 e. The van der Waals surface area contributed by atoms with Gasteiger partial charge in [0, 0.05) is 11.3 Å². The summed E-state index contributed by atoms with van der Waals surface area (Å²) in [5.41, 5.74) is 4.98. The molecule has 1 N–H and O–H groups in total. The number of carbonyl (C=O) groups excluding carboxylic acids is 1. The Hall–Kier alpha value is -1.74. The molecule has 1 aliphatic heterocycles. The molecule has 0 aromatic heterocycles. The fourth-order valence-electron chi connectivity index (χ4n) is 2.26. The number of phenols is 1. The smallest absolute Gasteiger partial charge is 0.220 e. The molecule has 1 heterocycles. The number of thioether (sulfide) groups is 1. The Bertz CT molecular complexity index is 647. The van der Waals surface area contributed by atoms with E-state index in [-0.39, 0.29) is 10.9 Å². The van der Waals surface area contributed by atoms with Crippen LogP contribution in [0.15, 0.2) is 36.4 Å². The van der Waals surface area contributed by atoms with Crippen LogP contribution in [0.1, 0.15) is 21.5 Å². The maximum absolute atomic E-state index is 12.1. The van der Waals surface area contributed by atoms with Crippen molar-refractivity contribution in [3.63, 3.8) is 0 Å². The van der Waals surface area contributed by atoms with Crippen molar-refractivity contribution in [3.05, 3.63) is 53.1 Å². The Kier molecular flexibility index (Phi) is 2.63. The molecule has 2 aromatic carbocycles. The van der Waals surface area contributed by atoms with E-state index in [1.54, 1.807) is 12.1 Å². The molecule has 2 nitrogen and oxygen atoms in total. The van der Waals surface area contributed by atoms with Gasteiger partial charge in [-0.05, 0) is 41.8 Å². The fourth-order valence-corrected chi connectivity index (χ4v) is 3.11. The molecule has 18 heavy (non-hydrogen) atoms. The topological polar surface area (TPSA) is 37.3 Å². The highest BCUT2D eigenvalue weighted by atomic mass is 32.2. The van der Waals surface area contributed by atoms with Crippen LogP contribution in [0, 0.1) is 6.92 Å². The molecule has 0 bridgehead atoms. The molecule has 0 unspecified atom stereocenters. The number of rotatable bonds is 0. The third-order valence-corrected chi connectivity index (χ3v) is 4.07. The highest BCUT2D eigenvalue weighted by Crippen LogP contribution is 2.37. The van der Waals surface area contributed by atoms with E-state index in [0.29, 0.717) is 11.3 Å². The third kappa shape index (κ3) is 1.81. The highest BCUT2D eigenvalue weighted by Gasteiger charge is 2.20. The van der Waals surface area contributed by atoms with E-state index in [2.05, 4.69) is 25.1 Å². The second-order valence-corrected chi connectivity index (χ2v) is 5.41. The highest BCUT2D eigenvalue weighted by molar-refractivity contribution is 8.13. The predicted octanol–water partition coefficient (Wildman–Crippen LogP) is 3.75. The molecule has 0 spiro atoms. The van der Waals surface area contributed by atoms with Crippen LogP contribution in [0.4, 0.5) is 0 Å². The van der Waals surface area contributed by atoms with Gasteiger partial charge in [0.25, 0.3) is 0 Å². The molecule has 0 fully saturated rings. The number of hydrogen-bond donors (Lipinski definition) is 1. The van der Waals surface area contributed by atoms with Gasteiger partial charge in [0.1, 0.15) is 5.75 Å². The molecule has 3 heteroatoms. The summed E-state index contributed by atoms with van der Waals surface area (Å²) in [6.07, 6.45) is 0. The standard InChI is InChI=1S/C15H12O2S/c1-9-2-4-12-10(6-9)8-18-15(17)14-7-11(16)3-5-13(12)14/h2-7,16H,8H2,1H3. The molecular weight excluding hydrogens is 244 g/mol. The minimum atomic E-state index is 0.0229. The molecule has 0 amide bonds. The van der Waals surface area contributed by atoms with E-state index in [1.807, 2.05) is 6.07 Å². The fraction of sp³-hybridized carbons (Fsp3) is 0.133. The van der Waals surface area contributed by atoms with E-state index in [0.717, 1.165) is 11.1 Å². The lowest BCUT2D eigenvalue weighted by Crippen LogP contribution is -1.93. The molecule has 0 atom stereocenters. The second-order valence-electron chi connectivity index (χ2n) is 4.47. The maximum atomic E-state index is 12.1. The van der Waals surface area contributed by atoms with Crippen molar-refractivity contribution in [1.29, 1.82) is 0 Å². The van der Waals surface area contributed by atoms with Crippen LogP contribution in [0.25, 0.3) is 11.1 Å². The van der Waals surface area contributed by atoms with Crippen LogP contribution in [0.3, 0.4) is 0 Å². The zero-order valence-electron chi connectivity index (χ0n) is 9.93. The van der Waals surface area contributed by atoms with Crippen molar-refractivity contribution in [2.75, 3.05) is 0 Å². The largest absolute Gasteiger partial charge is 0.508 e. The summed E-state index contributed by atoms with van der Waals surface area (Å²) >= 11 is 1.29. The Morgan fingerprint density at radius 2 is 1.83 bits per heavy atom. The molecule has 0 aliphatic carbocycles. The van der Waals surface area contributed by atoms with Crippen molar-refractivity contribution in [3.8, 4) is 16.9 Å². The number of fused-ring (bicyclic) bond motifs is 3. The summed E-state index contributed by atoms with van der Waals surface area (Å²) in [7, 11) is 0. The van der Waals surface area contributed by atoms with Gasteiger partial charge in [-0.3, -0.25) is 4.79 Å². The van der Waals surface area contributed by atoms with Gasteiger partial charge >= 0.3 is 0 Å². The average Bonchev–Trinajstić information content (AvgIpc) is 2.48. The van der Waals surface area contributed by atoms with Gasteiger partial charge in [-0.15, -0.1) is 0 Å². The summed E-state index contributed by atoms with van der Waals surface area (Å²) in [6, 6.07) is 11.2. The lowest BCUT2D eigenvalue weighted by Gasteiger charge is -2.09. The van der Waals surface area contributed by atoms with Crippen molar-refractivity contribution < 1.29 is 9.90 Å². The molecule has 90 valence electrons. The van der Waals surface area contributed by atoms with Crippen molar-refractivity contribution in [2.45, 2.75) is 12.7 Å². The van der Waals surface area contributed by atoms with Gasteiger partial charge in [0.2, 0.25) is 5.12 Å². The lowest BCUT2D eigenvalue weighted by molar-refractivity contribution is 0.108. The van der Waals surface area contributed by atoms with E-state index in [9.17, 15) is 9.90 Å². The molecule has 0 saturated heterocycles. The third-order valence-electron chi connectivity index (χ3n) is 3.13. The lowest BCUT2D eigenvalue weighted by atomic mass is 9.95. The van der Waals surface area contributed by atoms with Crippen LogP contribution in [0.5, 0.6) is 5.75 Å². The molecule has 2 aromatic rings. The second kappa shape index (κ2) is 4.18. The predicted molar refractivity (Wildman–Crippen MR) is 73.9 cm³/mol. The number of hydrogen-bond acceptors (Lipinski definition) is 3. The number of aryl methyl sites for hydroxylation is 1. The minimum absolute atomic E-state index is 0.0229. The molecule has 0 saturated carbocycles. The first-order chi connectivity index (χ1) is 8.65.